The van der Waals surface area contributed by atoms with Crippen LogP contribution in [0.4, 0.5) is 0 Å². The molecule has 1 N–H and O–H groups in total. The summed E-state index contributed by atoms with van der Waals surface area (Å²) in [6.07, 6.45) is 0.159. The van der Waals surface area contributed by atoms with E-state index in [-0.39, 0.29) is 18.8 Å². The molecule has 3 nitrogen and oxygen atoms in total. The Balaban J connectivity index is 2.40. The van der Waals surface area contributed by atoms with Crippen molar-refractivity contribution in [1.82, 2.24) is 4.90 Å². The van der Waals surface area contributed by atoms with Crippen LogP contribution >= 0.6 is 0 Å². The van der Waals surface area contributed by atoms with Crippen LogP contribution in [0.25, 0.3) is 0 Å². The van der Waals surface area contributed by atoms with Crippen molar-refractivity contribution in [3.63, 3.8) is 0 Å². The average Bonchev–Trinajstić information content (AvgIpc) is 2.14. The van der Waals surface area contributed by atoms with Crippen LogP contribution in [0.3, 0.4) is 0 Å². The van der Waals surface area contributed by atoms with Gasteiger partial charge in [-0.25, -0.2) is 0 Å². The molecular weight excluding hydrogens is 166 g/mol. The summed E-state index contributed by atoms with van der Waals surface area (Å²) in [6, 6.07) is 0. The second-order valence-electron chi connectivity index (χ2n) is 3.37. The summed E-state index contributed by atoms with van der Waals surface area (Å²) in [5.41, 5.74) is 0. The molecule has 1 aliphatic rings. The molecule has 0 amide bonds. The maximum atomic E-state index is 8.96. The molecule has 0 spiro atoms. The second-order valence-corrected chi connectivity index (χ2v) is 3.37. The Hall–Kier alpha value is -0.560. The van der Waals surface area contributed by atoms with Crippen molar-refractivity contribution in [2.75, 3.05) is 26.2 Å². The lowest BCUT2D eigenvalue weighted by atomic mass is 10.2. The lowest BCUT2D eigenvalue weighted by molar-refractivity contribution is -0.0919. The van der Waals surface area contributed by atoms with Crippen molar-refractivity contribution in [2.24, 2.45) is 0 Å². The van der Waals surface area contributed by atoms with E-state index in [9.17, 15) is 0 Å². The molecule has 1 rings (SSSR count). The minimum Gasteiger partial charge on any atom is -0.394 e. The number of rotatable bonds is 2. The first-order valence-electron chi connectivity index (χ1n) is 4.64. The average molecular weight is 183 g/mol. The van der Waals surface area contributed by atoms with Gasteiger partial charge in [-0.1, -0.05) is 5.92 Å². The highest BCUT2D eigenvalue weighted by Gasteiger charge is 2.23. The number of hydrogen-bond donors (Lipinski definition) is 1. The highest BCUT2D eigenvalue weighted by atomic mass is 16.5. The SMILES string of the molecule is CC#CCN1CC(C)OC(CO)C1. The summed E-state index contributed by atoms with van der Waals surface area (Å²) < 4.78 is 5.51. The molecule has 3 heteroatoms. The molecule has 1 aliphatic heterocycles. The van der Waals surface area contributed by atoms with E-state index in [1.54, 1.807) is 0 Å². The lowest BCUT2D eigenvalue weighted by Gasteiger charge is -2.34. The van der Waals surface area contributed by atoms with E-state index in [0.29, 0.717) is 0 Å². The topological polar surface area (TPSA) is 32.7 Å². The van der Waals surface area contributed by atoms with Crippen LogP contribution in [0, 0.1) is 11.8 Å². The van der Waals surface area contributed by atoms with Gasteiger partial charge >= 0.3 is 0 Å². The predicted molar refractivity (Wildman–Crippen MR) is 51.3 cm³/mol. The fourth-order valence-electron chi connectivity index (χ4n) is 1.56. The predicted octanol–water partition coefficient (Wildman–Crippen LogP) is 0.0913. The zero-order valence-electron chi connectivity index (χ0n) is 8.29. The van der Waals surface area contributed by atoms with E-state index in [2.05, 4.69) is 16.7 Å². The summed E-state index contributed by atoms with van der Waals surface area (Å²) in [4.78, 5) is 2.21. The van der Waals surface area contributed by atoms with Gasteiger partial charge in [-0.2, -0.15) is 0 Å². The number of nitrogens with zero attached hydrogens (tertiary/aromatic N) is 1. The summed E-state index contributed by atoms with van der Waals surface area (Å²) in [5, 5.41) is 8.96. The molecule has 0 aromatic heterocycles. The zero-order chi connectivity index (χ0) is 9.68. The Morgan fingerprint density at radius 1 is 1.54 bits per heavy atom. The van der Waals surface area contributed by atoms with Crippen LogP contribution in [0.2, 0.25) is 0 Å². The Bertz CT molecular complexity index is 207. The van der Waals surface area contributed by atoms with Gasteiger partial charge in [-0.15, -0.1) is 5.92 Å². The van der Waals surface area contributed by atoms with Crippen LogP contribution in [0.15, 0.2) is 0 Å². The molecule has 2 atom stereocenters. The first-order valence-corrected chi connectivity index (χ1v) is 4.64. The molecule has 2 unspecified atom stereocenters. The standard InChI is InChI=1S/C10H17NO2/c1-3-4-5-11-6-9(2)13-10(7-11)8-12/h9-10,12H,5-8H2,1-2H3. The highest BCUT2D eigenvalue weighted by molar-refractivity contribution is 4.98. The molecule has 0 aromatic carbocycles. The van der Waals surface area contributed by atoms with Gasteiger partial charge in [0.2, 0.25) is 0 Å². The largest absolute Gasteiger partial charge is 0.394 e. The van der Waals surface area contributed by atoms with E-state index in [1.165, 1.54) is 0 Å². The van der Waals surface area contributed by atoms with Crippen molar-refractivity contribution in [2.45, 2.75) is 26.1 Å². The minimum atomic E-state index is -0.0394. The Labute approximate surface area is 79.7 Å². The molecule has 0 radical (unpaired) electrons. The number of ether oxygens (including phenoxy) is 1. The molecule has 0 aromatic rings. The highest BCUT2D eigenvalue weighted by Crippen LogP contribution is 2.09. The smallest absolute Gasteiger partial charge is 0.0936 e. The van der Waals surface area contributed by atoms with Crippen LogP contribution in [-0.4, -0.2) is 48.5 Å². The van der Waals surface area contributed by atoms with Crippen molar-refractivity contribution >= 4 is 0 Å². The molecule has 0 saturated carbocycles. The van der Waals surface area contributed by atoms with E-state index in [1.807, 2.05) is 13.8 Å². The normalized spacial score (nSPS) is 29.5. The second kappa shape index (κ2) is 5.23. The number of aliphatic hydroxyl groups is 1. The third kappa shape index (κ3) is 3.35. The zero-order valence-corrected chi connectivity index (χ0v) is 8.29. The first kappa shape index (κ1) is 10.5. The van der Waals surface area contributed by atoms with Gasteiger partial charge in [0.05, 0.1) is 25.4 Å². The quantitative estimate of drug-likeness (QED) is 0.616. The van der Waals surface area contributed by atoms with Gasteiger partial charge in [0.1, 0.15) is 0 Å². The van der Waals surface area contributed by atoms with E-state index in [0.717, 1.165) is 19.6 Å². The molecule has 0 aliphatic carbocycles. The molecule has 1 saturated heterocycles. The van der Waals surface area contributed by atoms with Gasteiger partial charge in [-0.05, 0) is 13.8 Å². The van der Waals surface area contributed by atoms with Gasteiger partial charge in [0, 0.05) is 13.1 Å². The van der Waals surface area contributed by atoms with Crippen LogP contribution < -0.4 is 0 Å². The Morgan fingerprint density at radius 3 is 2.92 bits per heavy atom. The van der Waals surface area contributed by atoms with Gasteiger partial charge in [0.25, 0.3) is 0 Å². The van der Waals surface area contributed by atoms with Crippen molar-refractivity contribution in [1.29, 1.82) is 0 Å². The third-order valence-electron chi connectivity index (χ3n) is 2.08. The fraction of sp³-hybridized carbons (Fsp3) is 0.800. The lowest BCUT2D eigenvalue weighted by Crippen LogP contribution is -2.47. The summed E-state index contributed by atoms with van der Waals surface area (Å²) in [5.74, 6) is 5.89. The number of morpholine rings is 1. The van der Waals surface area contributed by atoms with Gasteiger partial charge < -0.3 is 9.84 Å². The number of aliphatic hydroxyl groups excluding tert-OH is 1. The van der Waals surface area contributed by atoms with E-state index in [4.69, 9.17) is 9.84 Å². The van der Waals surface area contributed by atoms with E-state index < -0.39 is 0 Å². The van der Waals surface area contributed by atoms with Crippen LogP contribution in [-0.2, 0) is 4.74 Å². The molecule has 1 heterocycles. The van der Waals surface area contributed by atoms with E-state index >= 15 is 0 Å². The maximum absolute atomic E-state index is 8.96. The third-order valence-corrected chi connectivity index (χ3v) is 2.08. The van der Waals surface area contributed by atoms with Crippen molar-refractivity contribution in [3.05, 3.63) is 0 Å². The first-order chi connectivity index (χ1) is 6.26. The molecule has 13 heavy (non-hydrogen) atoms. The summed E-state index contributed by atoms with van der Waals surface area (Å²) in [7, 11) is 0. The Morgan fingerprint density at radius 2 is 2.31 bits per heavy atom. The monoisotopic (exact) mass is 183 g/mol. The maximum Gasteiger partial charge on any atom is 0.0936 e. The minimum absolute atomic E-state index is 0.0394. The van der Waals surface area contributed by atoms with Gasteiger partial charge in [-0.3, -0.25) is 4.90 Å². The van der Waals surface area contributed by atoms with Crippen molar-refractivity contribution in [3.8, 4) is 11.8 Å². The molecule has 1 fully saturated rings. The summed E-state index contributed by atoms with van der Waals surface area (Å²) >= 11 is 0. The molecule has 74 valence electrons. The number of hydrogen-bond acceptors (Lipinski definition) is 3. The Kier molecular flexibility index (Phi) is 4.23. The van der Waals surface area contributed by atoms with Crippen LogP contribution in [0.5, 0.6) is 0 Å². The fourth-order valence-corrected chi connectivity index (χ4v) is 1.56. The summed E-state index contributed by atoms with van der Waals surface area (Å²) in [6.45, 7) is 6.43. The van der Waals surface area contributed by atoms with Crippen LogP contribution in [0.1, 0.15) is 13.8 Å². The van der Waals surface area contributed by atoms with Crippen molar-refractivity contribution < 1.29 is 9.84 Å². The molecule has 0 bridgehead atoms. The molecular formula is C10H17NO2. The van der Waals surface area contributed by atoms with Gasteiger partial charge in [0.15, 0.2) is 0 Å².